The summed E-state index contributed by atoms with van der Waals surface area (Å²) in [5.41, 5.74) is 0. The zero-order valence-electron chi connectivity index (χ0n) is 12.4. The summed E-state index contributed by atoms with van der Waals surface area (Å²) in [7, 11) is 0. The van der Waals surface area contributed by atoms with Gasteiger partial charge in [-0.25, -0.2) is 0 Å². The van der Waals surface area contributed by atoms with Crippen LogP contribution < -0.4 is 0 Å². The lowest BCUT2D eigenvalue weighted by Crippen LogP contribution is -2.01. The van der Waals surface area contributed by atoms with E-state index < -0.39 is 11.9 Å². The minimum atomic E-state index is -0.931. The molecule has 7 heteroatoms. The molecule has 0 aromatic carbocycles. The molecule has 0 spiro atoms. The molecule has 0 aliphatic carbocycles. The molecule has 2 heterocycles. The van der Waals surface area contributed by atoms with Crippen LogP contribution in [0.1, 0.15) is 40.2 Å². The molecule has 2 aromatic rings. The van der Waals surface area contributed by atoms with Gasteiger partial charge in [0.1, 0.15) is 0 Å². The molecule has 124 valence electrons. The molecule has 0 aliphatic heterocycles. The van der Waals surface area contributed by atoms with Crippen molar-refractivity contribution in [2.24, 2.45) is 0 Å². The second-order valence-corrected chi connectivity index (χ2v) is 6.60. The average molecular weight is 354 g/mol. The first-order valence-electron chi connectivity index (χ1n) is 7.01. The smallest absolute Gasteiger partial charge is 0.303 e. The molecular formula is C16H18O5S2. The van der Waals surface area contributed by atoms with Gasteiger partial charge in [0.05, 0.1) is 11.3 Å². The molecule has 0 unspecified atom stereocenters. The maximum absolute atomic E-state index is 11.2. The second kappa shape index (κ2) is 10.7. The van der Waals surface area contributed by atoms with E-state index in [-0.39, 0.29) is 25.0 Å². The summed E-state index contributed by atoms with van der Waals surface area (Å²) < 4.78 is 0. The Labute approximate surface area is 142 Å². The number of hydrogen-bond acceptors (Lipinski definition) is 5. The highest BCUT2D eigenvalue weighted by Gasteiger charge is 2.08. The van der Waals surface area contributed by atoms with Crippen molar-refractivity contribution in [2.75, 3.05) is 0 Å². The second-order valence-electron chi connectivity index (χ2n) is 4.62. The first kappa shape index (κ1) is 19.1. The number of Topliss-reactive ketones (excluding diaryl/α,β-unsaturated/α-hetero) is 1. The van der Waals surface area contributed by atoms with Gasteiger partial charge in [-0.15, -0.1) is 22.7 Å². The summed E-state index contributed by atoms with van der Waals surface area (Å²) in [5.74, 6) is -1.73. The van der Waals surface area contributed by atoms with Crippen molar-refractivity contribution in [3.63, 3.8) is 0 Å². The third-order valence-electron chi connectivity index (χ3n) is 2.76. The van der Waals surface area contributed by atoms with E-state index in [0.717, 1.165) is 12.8 Å². The van der Waals surface area contributed by atoms with Gasteiger partial charge in [-0.1, -0.05) is 12.1 Å². The van der Waals surface area contributed by atoms with Gasteiger partial charge in [0.25, 0.3) is 0 Å². The number of carboxylic acid groups (broad SMARTS) is 2. The van der Waals surface area contributed by atoms with Crippen molar-refractivity contribution in [1.29, 1.82) is 0 Å². The van der Waals surface area contributed by atoms with Crippen LogP contribution in [0.3, 0.4) is 0 Å². The standard InChI is InChI=1S/C8H8O3S.C8H10O2S/c9-6(3-4-8(10)11)7-2-1-5-12-7;9-8(10)5-1-3-7-4-2-6-11-7/h1-2,5H,3-4H2,(H,10,11);2,4,6H,1,3,5H2,(H,9,10). The van der Waals surface area contributed by atoms with Crippen LogP contribution >= 0.6 is 22.7 Å². The summed E-state index contributed by atoms with van der Waals surface area (Å²) in [5, 5.41) is 20.5. The van der Waals surface area contributed by atoms with Crippen LogP contribution in [-0.4, -0.2) is 27.9 Å². The highest BCUT2D eigenvalue weighted by molar-refractivity contribution is 7.12. The maximum Gasteiger partial charge on any atom is 0.303 e. The lowest BCUT2D eigenvalue weighted by molar-refractivity contribution is -0.138. The fourth-order valence-electron chi connectivity index (χ4n) is 1.65. The normalized spacial score (nSPS) is 9.74. The van der Waals surface area contributed by atoms with E-state index in [1.165, 1.54) is 16.2 Å². The number of ketones is 1. The van der Waals surface area contributed by atoms with Crippen molar-refractivity contribution < 1.29 is 24.6 Å². The largest absolute Gasteiger partial charge is 0.481 e. The van der Waals surface area contributed by atoms with Crippen LogP contribution in [-0.2, 0) is 16.0 Å². The number of hydrogen-bond donors (Lipinski definition) is 2. The summed E-state index contributed by atoms with van der Waals surface area (Å²) >= 11 is 3.02. The predicted octanol–water partition coefficient (Wildman–Crippen LogP) is 3.95. The Morgan fingerprint density at radius 2 is 1.52 bits per heavy atom. The topological polar surface area (TPSA) is 91.7 Å². The minimum absolute atomic E-state index is 0.0866. The van der Waals surface area contributed by atoms with Gasteiger partial charge in [-0.05, 0) is 35.7 Å². The Hall–Kier alpha value is -1.99. The van der Waals surface area contributed by atoms with E-state index >= 15 is 0 Å². The van der Waals surface area contributed by atoms with Crippen LogP contribution in [0.5, 0.6) is 0 Å². The Morgan fingerprint density at radius 1 is 0.870 bits per heavy atom. The maximum atomic E-state index is 11.2. The number of aryl methyl sites for hydroxylation is 1. The van der Waals surface area contributed by atoms with E-state index in [1.807, 2.05) is 17.5 Å². The SMILES string of the molecule is O=C(O)CCC(=O)c1cccs1.O=C(O)CCCc1cccs1. The highest BCUT2D eigenvalue weighted by Crippen LogP contribution is 2.12. The molecule has 0 radical (unpaired) electrons. The molecule has 0 bridgehead atoms. The van der Waals surface area contributed by atoms with E-state index in [4.69, 9.17) is 10.2 Å². The molecule has 2 N–H and O–H groups in total. The van der Waals surface area contributed by atoms with E-state index in [1.54, 1.807) is 28.8 Å². The number of thiophene rings is 2. The highest BCUT2D eigenvalue weighted by atomic mass is 32.1. The van der Waals surface area contributed by atoms with Crippen LogP contribution in [0.15, 0.2) is 35.0 Å². The fourth-order valence-corrected chi connectivity index (χ4v) is 3.10. The number of rotatable bonds is 8. The van der Waals surface area contributed by atoms with Gasteiger partial charge < -0.3 is 10.2 Å². The summed E-state index contributed by atoms with van der Waals surface area (Å²) in [6.45, 7) is 0. The number of carboxylic acids is 2. The third-order valence-corrected chi connectivity index (χ3v) is 4.60. The molecule has 2 rings (SSSR count). The number of carbonyl (C=O) groups excluding carboxylic acids is 1. The first-order chi connectivity index (χ1) is 11.0. The molecule has 0 atom stereocenters. The molecule has 0 amide bonds. The molecule has 23 heavy (non-hydrogen) atoms. The summed E-state index contributed by atoms with van der Waals surface area (Å²) in [4.78, 5) is 33.3. The van der Waals surface area contributed by atoms with Crippen molar-refractivity contribution in [1.82, 2.24) is 0 Å². The van der Waals surface area contributed by atoms with Crippen LogP contribution in [0, 0.1) is 0 Å². The third kappa shape index (κ3) is 8.90. The molecule has 5 nitrogen and oxygen atoms in total. The summed E-state index contributed by atoms with van der Waals surface area (Å²) in [6.07, 6.45) is 1.92. The molecule has 0 aliphatic rings. The monoisotopic (exact) mass is 354 g/mol. The van der Waals surface area contributed by atoms with Crippen LogP contribution in [0.25, 0.3) is 0 Å². The zero-order valence-corrected chi connectivity index (χ0v) is 14.1. The van der Waals surface area contributed by atoms with E-state index in [2.05, 4.69) is 0 Å². The molecule has 0 saturated carbocycles. The molecule has 2 aromatic heterocycles. The first-order valence-corrected chi connectivity index (χ1v) is 8.77. The predicted molar refractivity (Wildman–Crippen MR) is 90.4 cm³/mol. The van der Waals surface area contributed by atoms with Crippen molar-refractivity contribution >= 4 is 40.4 Å². The molecule has 0 fully saturated rings. The lowest BCUT2D eigenvalue weighted by Gasteiger charge is -1.92. The lowest BCUT2D eigenvalue weighted by atomic mass is 10.2. The zero-order chi connectivity index (χ0) is 17.1. The van der Waals surface area contributed by atoms with E-state index in [9.17, 15) is 14.4 Å². The fraction of sp³-hybridized carbons (Fsp3) is 0.312. The number of aliphatic carboxylic acids is 2. The van der Waals surface area contributed by atoms with Crippen molar-refractivity contribution in [3.8, 4) is 0 Å². The average Bonchev–Trinajstić information content (AvgIpc) is 3.18. The van der Waals surface area contributed by atoms with Crippen LogP contribution in [0.4, 0.5) is 0 Å². The van der Waals surface area contributed by atoms with Crippen LogP contribution in [0.2, 0.25) is 0 Å². The van der Waals surface area contributed by atoms with Gasteiger partial charge in [0.15, 0.2) is 5.78 Å². The Kier molecular flexibility index (Phi) is 8.86. The minimum Gasteiger partial charge on any atom is -0.481 e. The summed E-state index contributed by atoms with van der Waals surface area (Å²) in [6, 6.07) is 7.50. The quantitative estimate of drug-likeness (QED) is 0.700. The Balaban J connectivity index is 0.000000231. The van der Waals surface area contributed by atoms with Gasteiger partial charge in [-0.2, -0.15) is 0 Å². The van der Waals surface area contributed by atoms with Gasteiger partial charge in [0, 0.05) is 17.7 Å². The van der Waals surface area contributed by atoms with Crippen molar-refractivity contribution in [2.45, 2.75) is 32.1 Å². The van der Waals surface area contributed by atoms with Gasteiger partial charge >= 0.3 is 11.9 Å². The van der Waals surface area contributed by atoms with Crippen molar-refractivity contribution in [3.05, 3.63) is 44.8 Å². The van der Waals surface area contributed by atoms with Gasteiger partial charge in [-0.3, -0.25) is 14.4 Å². The van der Waals surface area contributed by atoms with E-state index in [0.29, 0.717) is 4.88 Å². The van der Waals surface area contributed by atoms with Gasteiger partial charge in [0.2, 0.25) is 0 Å². The molecular weight excluding hydrogens is 336 g/mol. The Morgan fingerprint density at radius 3 is 2.04 bits per heavy atom. The Bertz CT molecular complexity index is 602. The molecule has 0 saturated heterocycles. The number of carbonyl (C=O) groups is 3.